The van der Waals surface area contributed by atoms with E-state index in [4.69, 9.17) is 16.3 Å². The number of alkyl carbamates (subject to hydrolysis) is 1. The molecule has 2 N–H and O–H groups in total. The van der Waals surface area contributed by atoms with E-state index in [0.29, 0.717) is 23.7 Å². The first-order chi connectivity index (χ1) is 12.0. The molecule has 0 atom stereocenters. The molecule has 0 aliphatic carbocycles. The minimum Gasteiger partial charge on any atom is -0.445 e. The van der Waals surface area contributed by atoms with Gasteiger partial charge in [0.1, 0.15) is 6.61 Å². The van der Waals surface area contributed by atoms with E-state index in [2.05, 4.69) is 33.2 Å². The number of carbonyl (C=O) groups excluding carboxylic acids is 2. The zero-order valence-electron chi connectivity index (χ0n) is 13.4. The molecule has 0 saturated heterocycles. The van der Waals surface area contributed by atoms with E-state index >= 15 is 0 Å². The maximum Gasteiger partial charge on any atom is 0.407 e. The van der Waals surface area contributed by atoms with Crippen molar-refractivity contribution < 1.29 is 14.3 Å². The molecule has 5 nitrogen and oxygen atoms in total. The number of hydrogen-bond donors (Lipinski definition) is 2. The van der Waals surface area contributed by atoms with Gasteiger partial charge in [0.15, 0.2) is 0 Å². The third-order valence-electron chi connectivity index (χ3n) is 3.27. The van der Waals surface area contributed by atoms with Crippen LogP contribution in [0, 0.1) is 3.57 Å². The predicted octanol–water partition coefficient (Wildman–Crippen LogP) is 4.59. The molecular formula is C18H18ClIN2O3. The van der Waals surface area contributed by atoms with Crippen LogP contribution in [-0.4, -0.2) is 18.5 Å². The van der Waals surface area contributed by atoms with Gasteiger partial charge in [0.2, 0.25) is 5.91 Å². The Morgan fingerprint density at radius 3 is 2.60 bits per heavy atom. The Bertz CT molecular complexity index is 726. The number of carbonyl (C=O) groups is 2. The van der Waals surface area contributed by atoms with Gasteiger partial charge in [-0.15, -0.1) is 0 Å². The highest BCUT2D eigenvalue weighted by Crippen LogP contribution is 2.23. The largest absolute Gasteiger partial charge is 0.445 e. The summed E-state index contributed by atoms with van der Waals surface area (Å²) in [6.07, 6.45) is 0.292. The van der Waals surface area contributed by atoms with E-state index in [1.54, 1.807) is 12.1 Å². The van der Waals surface area contributed by atoms with Crippen molar-refractivity contribution >= 4 is 51.9 Å². The standard InChI is InChI=1S/C18H18ClIN2O3/c19-15-11-14(20)8-9-16(15)22-17(23)7-4-10-21-18(24)25-12-13-5-2-1-3-6-13/h1-3,5-6,8-9,11H,4,7,10,12H2,(H,21,24)(H,22,23). The molecule has 2 rings (SSSR count). The number of ether oxygens (including phenoxy) is 1. The van der Waals surface area contributed by atoms with Crippen LogP contribution < -0.4 is 10.6 Å². The van der Waals surface area contributed by atoms with Crippen molar-refractivity contribution in [3.05, 3.63) is 62.7 Å². The fourth-order valence-corrected chi connectivity index (χ4v) is 2.92. The maximum atomic E-state index is 11.9. The van der Waals surface area contributed by atoms with Crippen molar-refractivity contribution in [1.82, 2.24) is 5.32 Å². The zero-order valence-corrected chi connectivity index (χ0v) is 16.3. The summed E-state index contributed by atoms with van der Waals surface area (Å²) in [5.74, 6) is -0.150. The number of amides is 2. The Hall–Kier alpha value is -1.80. The lowest BCUT2D eigenvalue weighted by atomic mass is 10.2. The van der Waals surface area contributed by atoms with E-state index in [1.165, 1.54) is 0 Å². The number of nitrogens with one attached hydrogen (secondary N) is 2. The summed E-state index contributed by atoms with van der Waals surface area (Å²) in [5, 5.41) is 5.88. The molecular weight excluding hydrogens is 455 g/mol. The van der Waals surface area contributed by atoms with Crippen LogP contribution in [-0.2, 0) is 16.1 Å². The van der Waals surface area contributed by atoms with Crippen molar-refractivity contribution in [1.29, 1.82) is 0 Å². The van der Waals surface area contributed by atoms with E-state index in [9.17, 15) is 9.59 Å². The van der Waals surface area contributed by atoms with Gasteiger partial charge in [-0.05, 0) is 52.8 Å². The van der Waals surface area contributed by atoms with E-state index < -0.39 is 6.09 Å². The summed E-state index contributed by atoms with van der Waals surface area (Å²) >= 11 is 8.22. The fourth-order valence-electron chi connectivity index (χ4n) is 2.02. The van der Waals surface area contributed by atoms with E-state index in [-0.39, 0.29) is 18.9 Å². The second-order valence-electron chi connectivity index (χ2n) is 5.26. The first-order valence-corrected chi connectivity index (χ1v) is 9.20. The van der Waals surface area contributed by atoms with Crippen molar-refractivity contribution in [2.45, 2.75) is 19.4 Å². The second kappa shape index (κ2) is 10.2. The Kier molecular flexibility index (Phi) is 8.00. The van der Waals surface area contributed by atoms with Crippen LogP contribution >= 0.6 is 34.2 Å². The molecule has 2 aromatic carbocycles. The van der Waals surface area contributed by atoms with E-state index in [1.807, 2.05) is 36.4 Å². The van der Waals surface area contributed by atoms with Crippen LogP contribution in [0.4, 0.5) is 10.5 Å². The molecule has 7 heteroatoms. The van der Waals surface area contributed by atoms with Gasteiger partial charge in [0.25, 0.3) is 0 Å². The Morgan fingerprint density at radius 1 is 1.12 bits per heavy atom. The van der Waals surface area contributed by atoms with Crippen LogP contribution in [0.5, 0.6) is 0 Å². The van der Waals surface area contributed by atoms with Crippen LogP contribution in [0.2, 0.25) is 5.02 Å². The summed E-state index contributed by atoms with van der Waals surface area (Å²) in [5.41, 5.74) is 1.51. The van der Waals surface area contributed by atoms with Crippen molar-refractivity contribution in [2.75, 3.05) is 11.9 Å². The monoisotopic (exact) mass is 472 g/mol. The highest BCUT2D eigenvalue weighted by molar-refractivity contribution is 14.1. The molecule has 0 fully saturated rings. The molecule has 2 aromatic rings. The average molecular weight is 473 g/mol. The van der Waals surface area contributed by atoms with Gasteiger partial charge < -0.3 is 15.4 Å². The van der Waals surface area contributed by atoms with Crippen LogP contribution in [0.1, 0.15) is 18.4 Å². The molecule has 2 amide bonds. The van der Waals surface area contributed by atoms with Crippen molar-refractivity contribution in [3.63, 3.8) is 0 Å². The van der Waals surface area contributed by atoms with Crippen molar-refractivity contribution in [3.8, 4) is 0 Å². The number of hydrogen-bond acceptors (Lipinski definition) is 3. The molecule has 0 spiro atoms. The SMILES string of the molecule is O=C(CCCNC(=O)OCc1ccccc1)Nc1ccc(I)cc1Cl. The highest BCUT2D eigenvalue weighted by atomic mass is 127. The normalized spacial score (nSPS) is 10.2. The number of anilines is 1. The summed E-state index contributed by atoms with van der Waals surface area (Å²) in [6, 6.07) is 14.8. The maximum absolute atomic E-state index is 11.9. The van der Waals surface area contributed by atoms with E-state index in [0.717, 1.165) is 9.13 Å². The minimum absolute atomic E-state index is 0.150. The fraction of sp³-hybridized carbons (Fsp3) is 0.222. The van der Waals surface area contributed by atoms with Crippen LogP contribution in [0.25, 0.3) is 0 Å². The van der Waals surface area contributed by atoms with Gasteiger partial charge in [-0.3, -0.25) is 4.79 Å². The molecule has 0 aliphatic heterocycles. The number of rotatable bonds is 7. The Morgan fingerprint density at radius 2 is 1.88 bits per heavy atom. The summed E-state index contributed by atoms with van der Waals surface area (Å²) in [6.45, 7) is 0.583. The third kappa shape index (κ3) is 7.31. The zero-order chi connectivity index (χ0) is 18.1. The third-order valence-corrected chi connectivity index (χ3v) is 4.25. The lowest BCUT2D eigenvalue weighted by Crippen LogP contribution is -2.26. The lowest BCUT2D eigenvalue weighted by Gasteiger charge is -2.09. The highest BCUT2D eigenvalue weighted by Gasteiger charge is 2.07. The quantitative estimate of drug-likeness (QED) is 0.457. The first-order valence-electron chi connectivity index (χ1n) is 7.74. The van der Waals surface area contributed by atoms with Gasteiger partial charge in [-0.25, -0.2) is 4.79 Å². The number of benzene rings is 2. The van der Waals surface area contributed by atoms with Gasteiger partial charge >= 0.3 is 6.09 Å². The number of halogens is 2. The average Bonchev–Trinajstić information content (AvgIpc) is 2.60. The Balaban J connectivity index is 1.61. The minimum atomic E-state index is -0.495. The molecule has 0 bridgehead atoms. The van der Waals surface area contributed by atoms with Gasteiger partial charge in [0, 0.05) is 16.5 Å². The predicted molar refractivity (Wildman–Crippen MR) is 107 cm³/mol. The van der Waals surface area contributed by atoms with Crippen LogP contribution in [0.3, 0.4) is 0 Å². The topological polar surface area (TPSA) is 67.4 Å². The molecule has 0 heterocycles. The summed E-state index contributed by atoms with van der Waals surface area (Å²) < 4.78 is 6.09. The van der Waals surface area contributed by atoms with Gasteiger partial charge in [-0.2, -0.15) is 0 Å². The summed E-state index contributed by atoms with van der Waals surface area (Å²) in [4.78, 5) is 23.5. The van der Waals surface area contributed by atoms with Gasteiger partial charge in [0.05, 0.1) is 10.7 Å². The molecule has 132 valence electrons. The Labute approximate surface area is 165 Å². The smallest absolute Gasteiger partial charge is 0.407 e. The molecule has 0 radical (unpaired) electrons. The summed E-state index contributed by atoms with van der Waals surface area (Å²) in [7, 11) is 0. The molecule has 0 saturated carbocycles. The lowest BCUT2D eigenvalue weighted by molar-refractivity contribution is -0.116. The second-order valence-corrected chi connectivity index (χ2v) is 6.92. The molecule has 25 heavy (non-hydrogen) atoms. The first kappa shape index (κ1) is 19.5. The van der Waals surface area contributed by atoms with Crippen LogP contribution in [0.15, 0.2) is 48.5 Å². The molecule has 0 aromatic heterocycles. The van der Waals surface area contributed by atoms with Crippen molar-refractivity contribution in [2.24, 2.45) is 0 Å². The van der Waals surface area contributed by atoms with Gasteiger partial charge in [-0.1, -0.05) is 41.9 Å². The molecule has 0 unspecified atom stereocenters. The molecule has 0 aliphatic rings.